The van der Waals surface area contributed by atoms with Crippen LogP contribution < -0.4 is 0 Å². The zero-order valence-electron chi connectivity index (χ0n) is 11.9. The first-order valence-electron chi connectivity index (χ1n) is 7.23. The highest BCUT2D eigenvalue weighted by Crippen LogP contribution is 2.35. The molecule has 1 aliphatic rings. The summed E-state index contributed by atoms with van der Waals surface area (Å²) in [6.45, 7) is 2.12. The lowest BCUT2D eigenvalue weighted by Crippen LogP contribution is -2.40. The number of hydrogen-bond donors (Lipinski definition) is 1. The van der Waals surface area contributed by atoms with Crippen molar-refractivity contribution in [2.45, 2.75) is 50.2 Å². The molecule has 0 aliphatic heterocycles. The molecule has 4 heteroatoms. The van der Waals surface area contributed by atoms with Gasteiger partial charge < -0.3 is 0 Å². The van der Waals surface area contributed by atoms with Gasteiger partial charge in [-0.2, -0.15) is 8.42 Å². The van der Waals surface area contributed by atoms with Crippen LogP contribution >= 0.6 is 0 Å². The number of rotatable bonds is 6. The zero-order valence-corrected chi connectivity index (χ0v) is 12.7. The van der Waals surface area contributed by atoms with Crippen molar-refractivity contribution in [3.63, 3.8) is 0 Å². The number of unbranched alkanes of at least 4 members (excludes halogenated alkanes) is 3. The lowest BCUT2D eigenvalue weighted by molar-refractivity contribution is 0.425. The third kappa shape index (κ3) is 3.13. The molecule has 1 aromatic carbocycles. The van der Waals surface area contributed by atoms with Crippen LogP contribution in [0.2, 0.25) is 0 Å². The molecule has 0 aromatic heterocycles. The molecule has 0 bridgehead atoms. The third-order valence-corrected chi connectivity index (χ3v) is 5.59. The predicted octanol–water partition coefficient (Wildman–Crippen LogP) is 3.85. The quantitative estimate of drug-likeness (QED) is 0.640. The van der Waals surface area contributed by atoms with E-state index in [4.69, 9.17) is 0 Å². The van der Waals surface area contributed by atoms with Crippen molar-refractivity contribution in [1.82, 2.24) is 0 Å². The Balaban J connectivity index is 2.24. The average molecular weight is 294 g/mol. The van der Waals surface area contributed by atoms with E-state index in [1.165, 1.54) is 0 Å². The summed E-state index contributed by atoms with van der Waals surface area (Å²) >= 11 is 0. The molecular weight excluding hydrogens is 272 g/mol. The fraction of sp³-hybridized carbons (Fsp3) is 0.500. The Hall–Kier alpha value is -1.13. The Morgan fingerprint density at radius 3 is 2.65 bits per heavy atom. The van der Waals surface area contributed by atoms with Crippen molar-refractivity contribution in [2.24, 2.45) is 0 Å². The molecule has 0 saturated carbocycles. The van der Waals surface area contributed by atoms with Gasteiger partial charge in [-0.3, -0.25) is 4.55 Å². The maximum atomic E-state index is 11.9. The first-order chi connectivity index (χ1) is 9.48. The molecular formula is C16H22O3S. The summed E-state index contributed by atoms with van der Waals surface area (Å²) in [5.74, 6) is 0. The second-order valence-electron chi connectivity index (χ2n) is 5.56. The molecule has 1 atom stereocenters. The van der Waals surface area contributed by atoms with Gasteiger partial charge in [-0.05, 0) is 24.0 Å². The summed E-state index contributed by atoms with van der Waals surface area (Å²) in [7, 11) is -4.10. The van der Waals surface area contributed by atoms with Gasteiger partial charge in [0.2, 0.25) is 0 Å². The van der Waals surface area contributed by atoms with Crippen LogP contribution in [0.5, 0.6) is 0 Å². The molecule has 0 saturated heterocycles. The van der Waals surface area contributed by atoms with Crippen LogP contribution in [0.4, 0.5) is 0 Å². The average Bonchev–Trinajstić information content (AvgIpc) is 2.42. The summed E-state index contributed by atoms with van der Waals surface area (Å²) < 4.78 is 32.3. The van der Waals surface area contributed by atoms with Gasteiger partial charge in [0.1, 0.15) is 4.75 Å². The van der Waals surface area contributed by atoms with Crippen LogP contribution in [0.15, 0.2) is 30.3 Å². The van der Waals surface area contributed by atoms with Crippen LogP contribution in [0.3, 0.4) is 0 Å². The molecule has 110 valence electrons. The highest BCUT2D eigenvalue weighted by atomic mass is 32.2. The Morgan fingerprint density at radius 1 is 1.20 bits per heavy atom. The van der Waals surface area contributed by atoms with Crippen molar-refractivity contribution in [3.05, 3.63) is 41.5 Å². The van der Waals surface area contributed by atoms with Gasteiger partial charge in [0.05, 0.1) is 0 Å². The fourth-order valence-electron chi connectivity index (χ4n) is 2.81. The Morgan fingerprint density at radius 2 is 1.95 bits per heavy atom. The summed E-state index contributed by atoms with van der Waals surface area (Å²) in [6, 6.07) is 7.75. The van der Waals surface area contributed by atoms with E-state index >= 15 is 0 Å². The normalized spacial score (nSPS) is 21.7. The standard InChI is InChI=1S/C16H22O3S/c1-2-3-4-7-11-16(20(17,18)19)12-10-14-8-5-6-9-15(14)13-16/h5-6,8-10,12H,2-4,7,11,13H2,1H3,(H,17,18,19). The minimum absolute atomic E-state index is 0.366. The van der Waals surface area contributed by atoms with Crippen LogP contribution in [-0.2, 0) is 16.5 Å². The molecule has 2 rings (SSSR count). The highest BCUT2D eigenvalue weighted by Gasteiger charge is 2.41. The largest absolute Gasteiger partial charge is 0.285 e. The molecule has 0 amide bonds. The molecule has 1 unspecified atom stereocenters. The second kappa shape index (κ2) is 6.10. The smallest absolute Gasteiger partial charge is 0.274 e. The first-order valence-corrected chi connectivity index (χ1v) is 8.67. The van der Waals surface area contributed by atoms with Gasteiger partial charge in [0.25, 0.3) is 10.1 Å². The molecule has 1 N–H and O–H groups in total. The van der Waals surface area contributed by atoms with E-state index in [1.807, 2.05) is 30.3 Å². The van der Waals surface area contributed by atoms with E-state index < -0.39 is 14.9 Å². The molecule has 0 radical (unpaired) electrons. The fourth-order valence-corrected chi connectivity index (χ4v) is 3.79. The highest BCUT2D eigenvalue weighted by molar-refractivity contribution is 7.87. The summed E-state index contributed by atoms with van der Waals surface area (Å²) in [4.78, 5) is 0. The molecule has 3 nitrogen and oxygen atoms in total. The van der Waals surface area contributed by atoms with Crippen LogP contribution in [0.25, 0.3) is 6.08 Å². The van der Waals surface area contributed by atoms with Gasteiger partial charge in [-0.15, -0.1) is 0 Å². The van der Waals surface area contributed by atoms with Gasteiger partial charge >= 0.3 is 0 Å². The van der Waals surface area contributed by atoms with E-state index in [0.29, 0.717) is 12.8 Å². The van der Waals surface area contributed by atoms with Gasteiger partial charge in [0, 0.05) is 0 Å². The van der Waals surface area contributed by atoms with Crippen molar-refractivity contribution >= 4 is 16.2 Å². The number of hydrogen-bond acceptors (Lipinski definition) is 2. The second-order valence-corrected chi connectivity index (χ2v) is 7.32. The minimum Gasteiger partial charge on any atom is -0.285 e. The van der Waals surface area contributed by atoms with Crippen molar-refractivity contribution < 1.29 is 13.0 Å². The van der Waals surface area contributed by atoms with Gasteiger partial charge in [-0.25, -0.2) is 0 Å². The molecule has 20 heavy (non-hydrogen) atoms. The molecule has 0 heterocycles. The van der Waals surface area contributed by atoms with E-state index in [2.05, 4.69) is 6.92 Å². The summed E-state index contributed by atoms with van der Waals surface area (Å²) in [6.07, 6.45) is 8.38. The Kier molecular flexibility index (Phi) is 4.66. The molecule has 1 aliphatic carbocycles. The monoisotopic (exact) mass is 294 g/mol. The lowest BCUT2D eigenvalue weighted by atomic mass is 9.85. The minimum atomic E-state index is -4.10. The lowest BCUT2D eigenvalue weighted by Gasteiger charge is -2.31. The predicted molar refractivity (Wildman–Crippen MR) is 82.2 cm³/mol. The molecule has 0 spiro atoms. The number of fused-ring (bicyclic) bond motifs is 1. The van der Waals surface area contributed by atoms with E-state index in [1.54, 1.807) is 6.08 Å². The topological polar surface area (TPSA) is 54.4 Å². The van der Waals surface area contributed by atoms with Crippen LogP contribution in [0, 0.1) is 0 Å². The third-order valence-electron chi connectivity index (χ3n) is 4.08. The van der Waals surface area contributed by atoms with Crippen molar-refractivity contribution in [3.8, 4) is 0 Å². The molecule has 0 fully saturated rings. The van der Waals surface area contributed by atoms with Crippen LogP contribution in [0.1, 0.15) is 50.2 Å². The van der Waals surface area contributed by atoms with E-state index in [0.717, 1.165) is 36.8 Å². The van der Waals surface area contributed by atoms with Crippen molar-refractivity contribution in [1.29, 1.82) is 0 Å². The maximum Gasteiger partial charge on any atom is 0.274 e. The SMILES string of the molecule is CCCCCCC1(S(=O)(=O)O)C=Cc2ccccc2C1. The summed E-state index contributed by atoms with van der Waals surface area (Å²) in [5, 5.41) is 0. The number of benzene rings is 1. The maximum absolute atomic E-state index is 11.9. The van der Waals surface area contributed by atoms with Gasteiger partial charge in [0.15, 0.2) is 0 Å². The van der Waals surface area contributed by atoms with Gasteiger partial charge in [-0.1, -0.05) is 69.0 Å². The Labute approximate surface area is 121 Å². The van der Waals surface area contributed by atoms with Crippen molar-refractivity contribution in [2.75, 3.05) is 0 Å². The summed E-state index contributed by atoms with van der Waals surface area (Å²) in [5.41, 5.74) is 2.03. The zero-order chi connectivity index (χ0) is 14.6. The first kappa shape index (κ1) is 15.3. The molecule has 1 aromatic rings. The van der Waals surface area contributed by atoms with E-state index in [9.17, 15) is 13.0 Å². The Bertz CT molecular complexity index is 589. The van der Waals surface area contributed by atoms with Crippen LogP contribution in [-0.4, -0.2) is 17.7 Å². The van der Waals surface area contributed by atoms with E-state index in [-0.39, 0.29) is 0 Å².